The van der Waals surface area contributed by atoms with E-state index < -0.39 is 0 Å². The van der Waals surface area contributed by atoms with Crippen LogP contribution in [-0.2, 0) is 4.79 Å². The van der Waals surface area contributed by atoms with Gasteiger partial charge < -0.3 is 9.84 Å². The molecule has 72 valence electrons. The molecule has 4 heteroatoms. The van der Waals surface area contributed by atoms with Crippen molar-refractivity contribution in [2.45, 2.75) is 33.7 Å². The van der Waals surface area contributed by atoms with Crippen LogP contribution >= 0.6 is 0 Å². The van der Waals surface area contributed by atoms with Gasteiger partial charge in [0.05, 0.1) is 11.7 Å². The molecule has 13 heavy (non-hydrogen) atoms. The Hall–Kier alpha value is -1.32. The molecule has 0 saturated heterocycles. The molecule has 1 atom stereocenters. The highest BCUT2D eigenvalue weighted by Crippen LogP contribution is 2.20. The molecule has 1 amide bonds. The second-order valence-corrected chi connectivity index (χ2v) is 3.16. The highest BCUT2D eigenvalue weighted by molar-refractivity contribution is 5.73. The summed E-state index contributed by atoms with van der Waals surface area (Å²) in [5.41, 5.74) is 1.80. The molecule has 1 aromatic heterocycles. The van der Waals surface area contributed by atoms with Crippen LogP contribution in [0.2, 0.25) is 0 Å². The van der Waals surface area contributed by atoms with Crippen molar-refractivity contribution in [2.75, 3.05) is 0 Å². The summed E-state index contributed by atoms with van der Waals surface area (Å²) in [5.74, 6) is 0.714. The number of aromatic nitrogens is 1. The maximum absolute atomic E-state index is 10.8. The van der Waals surface area contributed by atoms with Crippen molar-refractivity contribution in [1.82, 2.24) is 10.5 Å². The lowest BCUT2D eigenvalue weighted by Crippen LogP contribution is -2.24. The Morgan fingerprint density at radius 1 is 1.54 bits per heavy atom. The standard InChI is InChI=1S/C9H14N2O2/c1-5(10-8(4)12)9-6(2)11-13-7(9)3/h5H,1-4H3,(H,10,12). The van der Waals surface area contributed by atoms with E-state index in [1.807, 2.05) is 20.8 Å². The van der Waals surface area contributed by atoms with E-state index in [1.54, 1.807) is 0 Å². The third kappa shape index (κ3) is 2.08. The summed E-state index contributed by atoms with van der Waals surface area (Å²) in [4.78, 5) is 10.8. The largest absolute Gasteiger partial charge is 0.361 e. The van der Waals surface area contributed by atoms with Crippen molar-refractivity contribution in [2.24, 2.45) is 0 Å². The Morgan fingerprint density at radius 2 is 2.15 bits per heavy atom. The van der Waals surface area contributed by atoms with Gasteiger partial charge >= 0.3 is 0 Å². The van der Waals surface area contributed by atoms with E-state index in [4.69, 9.17) is 4.52 Å². The van der Waals surface area contributed by atoms with E-state index in [9.17, 15) is 4.79 Å². The quantitative estimate of drug-likeness (QED) is 0.753. The summed E-state index contributed by atoms with van der Waals surface area (Å²) in [5, 5.41) is 6.61. The van der Waals surface area contributed by atoms with Crippen molar-refractivity contribution in [3.63, 3.8) is 0 Å². The lowest BCUT2D eigenvalue weighted by atomic mass is 10.1. The molecule has 1 unspecified atom stereocenters. The zero-order valence-corrected chi connectivity index (χ0v) is 8.34. The van der Waals surface area contributed by atoms with Gasteiger partial charge in [-0.05, 0) is 20.8 Å². The Bertz CT molecular complexity index is 298. The molecule has 0 aromatic carbocycles. The van der Waals surface area contributed by atoms with Crippen LogP contribution in [0.5, 0.6) is 0 Å². The average Bonchev–Trinajstić information content (AvgIpc) is 2.29. The number of nitrogens with one attached hydrogen (secondary N) is 1. The highest BCUT2D eigenvalue weighted by Gasteiger charge is 2.16. The molecule has 0 radical (unpaired) electrons. The first-order valence-corrected chi connectivity index (χ1v) is 4.22. The van der Waals surface area contributed by atoms with Gasteiger partial charge in [-0.25, -0.2) is 0 Å². The Kier molecular flexibility index (Phi) is 2.70. The minimum Gasteiger partial charge on any atom is -0.361 e. The number of hydrogen-bond acceptors (Lipinski definition) is 3. The molecular formula is C9H14N2O2. The topological polar surface area (TPSA) is 55.1 Å². The van der Waals surface area contributed by atoms with Crippen LogP contribution in [0.4, 0.5) is 0 Å². The predicted molar refractivity (Wildman–Crippen MR) is 48.2 cm³/mol. The first kappa shape index (κ1) is 9.77. The molecule has 0 saturated carbocycles. The fourth-order valence-corrected chi connectivity index (χ4v) is 1.49. The van der Waals surface area contributed by atoms with Crippen LogP contribution in [0.25, 0.3) is 0 Å². The minimum absolute atomic E-state index is 0.0382. The Labute approximate surface area is 77.3 Å². The maximum Gasteiger partial charge on any atom is 0.217 e. The molecule has 0 fully saturated rings. The van der Waals surface area contributed by atoms with Gasteiger partial charge in [-0.1, -0.05) is 5.16 Å². The second-order valence-electron chi connectivity index (χ2n) is 3.16. The van der Waals surface area contributed by atoms with E-state index >= 15 is 0 Å². The van der Waals surface area contributed by atoms with Crippen molar-refractivity contribution < 1.29 is 9.32 Å². The number of rotatable bonds is 2. The van der Waals surface area contributed by atoms with E-state index in [0.717, 1.165) is 17.0 Å². The molecule has 1 aromatic rings. The van der Waals surface area contributed by atoms with Crippen molar-refractivity contribution in [1.29, 1.82) is 0 Å². The van der Waals surface area contributed by atoms with Crippen LogP contribution in [0.1, 0.15) is 36.9 Å². The van der Waals surface area contributed by atoms with E-state index in [2.05, 4.69) is 10.5 Å². The zero-order valence-electron chi connectivity index (χ0n) is 8.34. The fourth-order valence-electron chi connectivity index (χ4n) is 1.49. The zero-order chi connectivity index (χ0) is 10.0. The van der Waals surface area contributed by atoms with Crippen molar-refractivity contribution in [3.8, 4) is 0 Å². The summed E-state index contributed by atoms with van der Waals surface area (Å²) in [7, 11) is 0. The van der Waals surface area contributed by atoms with Crippen LogP contribution in [-0.4, -0.2) is 11.1 Å². The van der Waals surface area contributed by atoms with Gasteiger partial charge in [0.25, 0.3) is 0 Å². The van der Waals surface area contributed by atoms with Crippen LogP contribution in [0.3, 0.4) is 0 Å². The number of carbonyl (C=O) groups excluding carboxylic acids is 1. The van der Waals surface area contributed by atoms with E-state index in [1.165, 1.54) is 6.92 Å². The normalized spacial score (nSPS) is 12.6. The lowest BCUT2D eigenvalue weighted by Gasteiger charge is -2.11. The summed E-state index contributed by atoms with van der Waals surface area (Å²) >= 11 is 0. The van der Waals surface area contributed by atoms with Gasteiger partial charge in [-0.15, -0.1) is 0 Å². The fraction of sp³-hybridized carbons (Fsp3) is 0.556. The molecule has 1 heterocycles. The maximum atomic E-state index is 10.8. The third-order valence-corrected chi connectivity index (χ3v) is 1.94. The van der Waals surface area contributed by atoms with Crippen LogP contribution in [0, 0.1) is 13.8 Å². The molecule has 4 nitrogen and oxygen atoms in total. The lowest BCUT2D eigenvalue weighted by molar-refractivity contribution is -0.119. The molecular weight excluding hydrogens is 168 g/mol. The van der Waals surface area contributed by atoms with Crippen LogP contribution in [0.15, 0.2) is 4.52 Å². The van der Waals surface area contributed by atoms with Crippen molar-refractivity contribution >= 4 is 5.91 Å². The highest BCUT2D eigenvalue weighted by atomic mass is 16.5. The number of aryl methyl sites for hydroxylation is 2. The second kappa shape index (κ2) is 3.60. The monoisotopic (exact) mass is 182 g/mol. The number of nitrogens with zero attached hydrogens (tertiary/aromatic N) is 1. The SMILES string of the molecule is CC(=O)NC(C)c1c(C)noc1C. The van der Waals surface area contributed by atoms with Gasteiger partial charge in [0.15, 0.2) is 0 Å². The molecule has 0 aliphatic rings. The van der Waals surface area contributed by atoms with Gasteiger partial charge in [0.1, 0.15) is 5.76 Å². The third-order valence-electron chi connectivity index (χ3n) is 1.94. The number of amides is 1. The minimum atomic E-state index is -0.0486. The van der Waals surface area contributed by atoms with Gasteiger partial charge in [-0.3, -0.25) is 4.79 Å². The van der Waals surface area contributed by atoms with Crippen LogP contribution < -0.4 is 5.32 Å². The Morgan fingerprint density at radius 3 is 2.54 bits per heavy atom. The average molecular weight is 182 g/mol. The molecule has 0 aliphatic carbocycles. The smallest absolute Gasteiger partial charge is 0.217 e. The Balaban J connectivity index is 2.87. The summed E-state index contributed by atoms with van der Waals surface area (Å²) < 4.78 is 5.00. The first-order chi connectivity index (χ1) is 6.02. The van der Waals surface area contributed by atoms with E-state index in [0.29, 0.717) is 0 Å². The summed E-state index contributed by atoms with van der Waals surface area (Å²) in [6.07, 6.45) is 0. The molecule has 0 spiro atoms. The van der Waals surface area contributed by atoms with Gasteiger partial charge in [0.2, 0.25) is 5.91 Å². The number of hydrogen-bond donors (Lipinski definition) is 1. The van der Waals surface area contributed by atoms with Crippen molar-refractivity contribution in [3.05, 3.63) is 17.0 Å². The summed E-state index contributed by atoms with van der Waals surface area (Å²) in [6.45, 7) is 7.11. The predicted octanol–water partition coefficient (Wildman–Crippen LogP) is 1.49. The molecule has 1 rings (SSSR count). The van der Waals surface area contributed by atoms with Gasteiger partial charge in [-0.2, -0.15) is 0 Å². The first-order valence-electron chi connectivity index (χ1n) is 4.22. The van der Waals surface area contributed by atoms with E-state index in [-0.39, 0.29) is 11.9 Å². The molecule has 0 bridgehead atoms. The number of carbonyl (C=O) groups is 1. The summed E-state index contributed by atoms with van der Waals surface area (Å²) in [6, 6.07) is -0.0382. The molecule has 0 aliphatic heterocycles. The molecule has 1 N–H and O–H groups in total. The van der Waals surface area contributed by atoms with Gasteiger partial charge in [0, 0.05) is 12.5 Å².